The van der Waals surface area contributed by atoms with E-state index in [0.29, 0.717) is 16.5 Å². The zero-order valence-corrected chi connectivity index (χ0v) is 11.4. The van der Waals surface area contributed by atoms with Crippen molar-refractivity contribution in [1.82, 2.24) is 0 Å². The quantitative estimate of drug-likeness (QED) is 0.854. The van der Waals surface area contributed by atoms with E-state index in [1.165, 1.54) is 19.2 Å². The highest BCUT2D eigenvalue weighted by atomic mass is 35.5. The summed E-state index contributed by atoms with van der Waals surface area (Å²) in [4.78, 5) is 12.0. The van der Waals surface area contributed by atoms with Crippen molar-refractivity contribution in [2.24, 2.45) is 0 Å². The highest BCUT2D eigenvalue weighted by molar-refractivity contribution is 6.32. The Morgan fingerprint density at radius 2 is 2.05 bits per heavy atom. The number of rotatable bonds is 3. The number of nitrogens with one attached hydrogen (secondary N) is 1. The number of hydrogen-bond acceptors (Lipinski definition) is 3. The summed E-state index contributed by atoms with van der Waals surface area (Å²) in [6.07, 6.45) is 0. The number of carbonyl (C=O) groups is 1. The molecule has 0 heterocycles. The van der Waals surface area contributed by atoms with Crippen LogP contribution in [0.15, 0.2) is 36.4 Å². The molecule has 0 saturated carbocycles. The number of hydrogen-bond donors (Lipinski definition) is 2. The molecule has 0 aromatic heterocycles. The number of nitrogens with two attached hydrogens (primary N) is 1. The third-order valence-electron chi connectivity index (χ3n) is 2.67. The van der Waals surface area contributed by atoms with Gasteiger partial charge in [0, 0.05) is 17.4 Å². The van der Waals surface area contributed by atoms with Gasteiger partial charge in [-0.3, -0.25) is 4.79 Å². The molecule has 0 fully saturated rings. The fourth-order valence-electron chi connectivity index (χ4n) is 1.66. The summed E-state index contributed by atoms with van der Waals surface area (Å²) < 4.78 is 18.2. The molecule has 20 heavy (non-hydrogen) atoms. The highest BCUT2D eigenvalue weighted by Crippen LogP contribution is 2.27. The number of amides is 1. The van der Waals surface area contributed by atoms with Gasteiger partial charge >= 0.3 is 0 Å². The molecule has 2 rings (SSSR count). The number of methoxy groups -OCH3 is 1. The summed E-state index contributed by atoms with van der Waals surface area (Å²) in [6, 6.07) is 8.38. The van der Waals surface area contributed by atoms with Gasteiger partial charge in [0.2, 0.25) is 0 Å². The van der Waals surface area contributed by atoms with Gasteiger partial charge in [0.1, 0.15) is 11.6 Å². The molecule has 0 atom stereocenters. The van der Waals surface area contributed by atoms with Gasteiger partial charge < -0.3 is 15.8 Å². The van der Waals surface area contributed by atoms with Crippen LogP contribution in [0.25, 0.3) is 0 Å². The van der Waals surface area contributed by atoms with Gasteiger partial charge in [0.25, 0.3) is 5.91 Å². The molecule has 3 N–H and O–H groups in total. The monoisotopic (exact) mass is 294 g/mol. The van der Waals surface area contributed by atoms with Crippen molar-refractivity contribution >= 4 is 28.9 Å². The SMILES string of the molecule is COc1cc(NC(=O)c2cc(F)ccc2N)ccc1Cl. The number of halogens is 2. The van der Waals surface area contributed by atoms with Gasteiger partial charge in [0.15, 0.2) is 0 Å². The predicted octanol–water partition coefficient (Wildman–Crippen LogP) is 3.32. The zero-order chi connectivity index (χ0) is 14.7. The van der Waals surface area contributed by atoms with Gasteiger partial charge in [0.05, 0.1) is 17.7 Å². The Morgan fingerprint density at radius 1 is 1.30 bits per heavy atom. The van der Waals surface area contributed by atoms with E-state index in [1.807, 2.05) is 0 Å². The molecule has 2 aromatic rings. The van der Waals surface area contributed by atoms with Crippen molar-refractivity contribution in [1.29, 1.82) is 0 Å². The first-order valence-corrected chi connectivity index (χ1v) is 6.09. The van der Waals surface area contributed by atoms with Crippen LogP contribution < -0.4 is 15.8 Å². The number of benzene rings is 2. The van der Waals surface area contributed by atoms with E-state index in [0.717, 1.165) is 6.07 Å². The molecular weight excluding hydrogens is 283 g/mol. The molecule has 0 spiro atoms. The lowest BCUT2D eigenvalue weighted by atomic mass is 10.1. The maximum absolute atomic E-state index is 13.1. The first kappa shape index (κ1) is 14.1. The molecule has 4 nitrogen and oxygen atoms in total. The first-order chi connectivity index (χ1) is 9.51. The minimum absolute atomic E-state index is 0.0684. The fourth-order valence-corrected chi connectivity index (χ4v) is 1.86. The molecule has 0 aliphatic heterocycles. The van der Waals surface area contributed by atoms with Gasteiger partial charge in [-0.15, -0.1) is 0 Å². The smallest absolute Gasteiger partial charge is 0.257 e. The fraction of sp³-hybridized carbons (Fsp3) is 0.0714. The number of nitrogen functional groups attached to an aromatic ring is 1. The standard InChI is InChI=1S/C14H12ClFN2O2/c1-20-13-7-9(3-4-11(13)15)18-14(19)10-6-8(16)2-5-12(10)17/h2-7H,17H2,1H3,(H,18,19). The average molecular weight is 295 g/mol. The number of ether oxygens (including phenoxy) is 1. The Balaban J connectivity index is 2.25. The van der Waals surface area contributed by atoms with Crippen molar-refractivity contribution in [3.8, 4) is 5.75 Å². The van der Waals surface area contributed by atoms with Crippen LogP contribution in [0.2, 0.25) is 5.02 Å². The maximum Gasteiger partial charge on any atom is 0.257 e. The van der Waals surface area contributed by atoms with E-state index in [2.05, 4.69) is 5.32 Å². The molecule has 0 aliphatic carbocycles. The summed E-state index contributed by atoms with van der Waals surface area (Å²) in [6.45, 7) is 0. The largest absolute Gasteiger partial charge is 0.495 e. The van der Waals surface area contributed by atoms with E-state index in [4.69, 9.17) is 22.1 Å². The van der Waals surface area contributed by atoms with Crippen molar-refractivity contribution in [2.75, 3.05) is 18.2 Å². The topological polar surface area (TPSA) is 64.3 Å². The molecule has 2 aromatic carbocycles. The van der Waals surface area contributed by atoms with Crippen LogP contribution in [0.5, 0.6) is 5.75 Å². The number of carbonyl (C=O) groups excluding carboxylic acids is 1. The van der Waals surface area contributed by atoms with Crippen LogP contribution in [0.1, 0.15) is 10.4 Å². The maximum atomic E-state index is 13.1. The molecule has 6 heteroatoms. The van der Waals surface area contributed by atoms with Crippen LogP contribution in [-0.2, 0) is 0 Å². The minimum atomic E-state index is -0.530. The van der Waals surface area contributed by atoms with Crippen LogP contribution in [0.3, 0.4) is 0 Å². The average Bonchev–Trinajstić information content (AvgIpc) is 2.43. The van der Waals surface area contributed by atoms with E-state index < -0.39 is 11.7 Å². The van der Waals surface area contributed by atoms with Crippen molar-refractivity contribution in [3.63, 3.8) is 0 Å². The van der Waals surface area contributed by atoms with Crippen LogP contribution >= 0.6 is 11.6 Å². The molecule has 1 amide bonds. The third kappa shape index (κ3) is 3.00. The molecule has 0 aliphatic rings. The lowest BCUT2D eigenvalue weighted by molar-refractivity contribution is 0.102. The Kier molecular flexibility index (Phi) is 4.10. The van der Waals surface area contributed by atoms with E-state index >= 15 is 0 Å². The molecule has 0 radical (unpaired) electrons. The predicted molar refractivity (Wildman–Crippen MR) is 76.8 cm³/mol. The van der Waals surface area contributed by atoms with E-state index in [-0.39, 0.29) is 11.3 Å². The third-order valence-corrected chi connectivity index (χ3v) is 2.98. The summed E-state index contributed by atoms with van der Waals surface area (Å²) in [7, 11) is 1.47. The Labute approximate surface area is 120 Å². The van der Waals surface area contributed by atoms with Crippen molar-refractivity contribution < 1.29 is 13.9 Å². The van der Waals surface area contributed by atoms with Gasteiger partial charge in [-0.1, -0.05) is 11.6 Å². The van der Waals surface area contributed by atoms with Gasteiger partial charge in [-0.25, -0.2) is 4.39 Å². The summed E-state index contributed by atoms with van der Waals surface area (Å²) in [5.74, 6) is -0.610. The Hall–Kier alpha value is -2.27. The highest BCUT2D eigenvalue weighted by Gasteiger charge is 2.12. The van der Waals surface area contributed by atoms with Gasteiger partial charge in [-0.2, -0.15) is 0 Å². The molecular formula is C14H12ClFN2O2. The normalized spacial score (nSPS) is 10.2. The van der Waals surface area contributed by atoms with Crippen LogP contribution in [-0.4, -0.2) is 13.0 Å². The lowest BCUT2D eigenvalue weighted by Crippen LogP contribution is -2.14. The van der Waals surface area contributed by atoms with E-state index in [1.54, 1.807) is 18.2 Å². The molecule has 0 bridgehead atoms. The molecule has 0 unspecified atom stereocenters. The van der Waals surface area contributed by atoms with Gasteiger partial charge in [-0.05, 0) is 30.3 Å². The Morgan fingerprint density at radius 3 is 2.75 bits per heavy atom. The molecule has 0 saturated heterocycles. The number of anilines is 2. The summed E-state index contributed by atoms with van der Waals surface area (Å²) in [5, 5.41) is 3.03. The second-order valence-electron chi connectivity index (χ2n) is 4.04. The Bertz CT molecular complexity index is 662. The zero-order valence-electron chi connectivity index (χ0n) is 10.6. The second-order valence-corrected chi connectivity index (χ2v) is 4.44. The summed E-state index contributed by atoms with van der Waals surface area (Å²) in [5.41, 5.74) is 6.39. The minimum Gasteiger partial charge on any atom is -0.495 e. The second kappa shape index (κ2) is 5.79. The molecule has 104 valence electrons. The van der Waals surface area contributed by atoms with Crippen molar-refractivity contribution in [3.05, 3.63) is 52.8 Å². The van der Waals surface area contributed by atoms with E-state index in [9.17, 15) is 9.18 Å². The lowest BCUT2D eigenvalue weighted by Gasteiger charge is -2.09. The van der Waals surface area contributed by atoms with Crippen molar-refractivity contribution in [2.45, 2.75) is 0 Å². The van der Waals surface area contributed by atoms with Crippen LogP contribution in [0.4, 0.5) is 15.8 Å². The first-order valence-electron chi connectivity index (χ1n) is 5.71. The van der Waals surface area contributed by atoms with Crippen LogP contribution in [0, 0.1) is 5.82 Å². The summed E-state index contributed by atoms with van der Waals surface area (Å²) >= 11 is 5.89.